The Morgan fingerprint density at radius 2 is 1.71 bits per heavy atom. The van der Waals surface area contributed by atoms with Gasteiger partial charge in [-0.3, -0.25) is 9.59 Å². The second-order valence-corrected chi connectivity index (χ2v) is 6.05. The Morgan fingerprint density at radius 1 is 1.00 bits per heavy atom. The Morgan fingerprint density at radius 3 is 2.38 bits per heavy atom. The van der Waals surface area contributed by atoms with Gasteiger partial charge in [0.1, 0.15) is 0 Å². The third-order valence-electron chi connectivity index (χ3n) is 3.35. The highest BCUT2D eigenvalue weighted by molar-refractivity contribution is 8.16. The molecular formula is C16H11F3N2O2S. The van der Waals surface area contributed by atoms with Crippen molar-refractivity contribution in [1.82, 2.24) is 0 Å². The second-order valence-electron chi connectivity index (χ2n) is 5.00. The van der Waals surface area contributed by atoms with Crippen molar-refractivity contribution in [2.45, 2.75) is 11.6 Å². The first-order chi connectivity index (χ1) is 11.4. The van der Waals surface area contributed by atoms with E-state index in [1.165, 1.54) is 12.1 Å². The molecule has 0 saturated carbocycles. The lowest BCUT2D eigenvalue weighted by molar-refractivity contribution is -0.137. The highest BCUT2D eigenvalue weighted by Gasteiger charge is 2.41. The molecule has 1 fully saturated rings. The number of anilines is 2. The van der Waals surface area contributed by atoms with Gasteiger partial charge in [-0.05, 0) is 42.1 Å². The van der Waals surface area contributed by atoms with Crippen LogP contribution in [0.25, 0.3) is 0 Å². The molecule has 1 N–H and O–H groups in total. The van der Waals surface area contributed by atoms with E-state index in [0.29, 0.717) is 5.69 Å². The summed E-state index contributed by atoms with van der Waals surface area (Å²) in [5.74, 6) is -0.520. The predicted molar refractivity (Wildman–Crippen MR) is 85.8 cm³/mol. The lowest BCUT2D eigenvalue weighted by Gasteiger charge is -2.15. The lowest BCUT2D eigenvalue weighted by Crippen LogP contribution is -2.34. The number of rotatable bonds is 3. The minimum absolute atomic E-state index is 0.124. The number of nitrogens with one attached hydrogen (secondary N) is 1. The van der Waals surface area contributed by atoms with Crippen LogP contribution in [-0.2, 0) is 11.0 Å². The Hall–Kier alpha value is -2.48. The number of carbonyl (C=O) groups is 2. The molecule has 124 valence electrons. The molecule has 0 radical (unpaired) electrons. The molecule has 0 unspecified atom stereocenters. The fourth-order valence-electron chi connectivity index (χ4n) is 2.25. The van der Waals surface area contributed by atoms with Gasteiger partial charge in [-0.2, -0.15) is 13.2 Å². The molecule has 0 spiro atoms. The zero-order chi connectivity index (χ0) is 17.3. The van der Waals surface area contributed by atoms with E-state index in [-0.39, 0.29) is 5.69 Å². The number of alkyl halides is 3. The van der Waals surface area contributed by atoms with Crippen molar-refractivity contribution in [2.24, 2.45) is 0 Å². The van der Waals surface area contributed by atoms with E-state index in [4.69, 9.17) is 0 Å². The highest BCUT2D eigenvalue weighted by Crippen LogP contribution is 2.34. The SMILES string of the molecule is O=C1S[C@H](Nc2cccc(C(F)(F)F)c2)C(=O)N1c1ccccc1. The molecule has 0 aliphatic carbocycles. The summed E-state index contributed by atoms with van der Waals surface area (Å²) in [7, 11) is 0. The van der Waals surface area contributed by atoms with E-state index in [2.05, 4.69) is 5.32 Å². The van der Waals surface area contributed by atoms with Gasteiger partial charge in [0.2, 0.25) is 0 Å². The molecule has 4 nitrogen and oxygen atoms in total. The number of nitrogens with zero attached hydrogens (tertiary/aromatic N) is 1. The van der Waals surface area contributed by atoms with Crippen LogP contribution in [0.5, 0.6) is 0 Å². The third-order valence-corrected chi connectivity index (χ3v) is 4.29. The summed E-state index contributed by atoms with van der Waals surface area (Å²) in [5, 5.41) is 1.24. The molecule has 1 aliphatic rings. The molecule has 3 rings (SSSR count). The largest absolute Gasteiger partial charge is 0.416 e. The maximum absolute atomic E-state index is 12.7. The van der Waals surface area contributed by atoms with Crippen molar-refractivity contribution in [3.05, 3.63) is 60.2 Å². The van der Waals surface area contributed by atoms with Crippen LogP contribution < -0.4 is 10.2 Å². The van der Waals surface area contributed by atoms with Gasteiger partial charge in [0.15, 0.2) is 5.37 Å². The normalized spacial score (nSPS) is 18.1. The van der Waals surface area contributed by atoms with Crippen LogP contribution in [0.1, 0.15) is 5.56 Å². The zero-order valence-corrected chi connectivity index (χ0v) is 12.9. The van der Waals surface area contributed by atoms with E-state index in [1.54, 1.807) is 30.3 Å². The molecular weight excluding hydrogens is 341 g/mol. The van der Waals surface area contributed by atoms with E-state index in [9.17, 15) is 22.8 Å². The molecule has 2 aromatic rings. The average molecular weight is 352 g/mol. The van der Waals surface area contributed by atoms with Crippen molar-refractivity contribution in [3.8, 4) is 0 Å². The molecule has 1 aliphatic heterocycles. The number of amides is 2. The van der Waals surface area contributed by atoms with Crippen LogP contribution in [0.4, 0.5) is 29.3 Å². The standard InChI is InChI=1S/C16H11F3N2O2S/c17-16(18,19)10-5-4-6-11(9-10)20-13-14(22)21(15(23)24-13)12-7-2-1-3-8-12/h1-9,13,20H/t13-/m0/s1. The van der Waals surface area contributed by atoms with Crippen LogP contribution in [0, 0.1) is 0 Å². The monoisotopic (exact) mass is 352 g/mol. The van der Waals surface area contributed by atoms with Crippen LogP contribution in [0.15, 0.2) is 54.6 Å². The number of carbonyl (C=O) groups excluding carboxylic acids is 2. The van der Waals surface area contributed by atoms with E-state index in [0.717, 1.165) is 28.8 Å². The first-order valence-corrected chi connectivity index (χ1v) is 7.77. The smallest absolute Gasteiger partial charge is 0.365 e. The summed E-state index contributed by atoms with van der Waals surface area (Å²) in [4.78, 5) is 25.5. The Balaban J connectivity index is 1.80. The average Bonchev–Trinajstić information content (AvgIpc) is 2.82. The number of thioether (sulfide) groups is 1. The van der Waals surface area contributed by atoms with Crippen molar-refractivity contribution in [2.75, 3.05) is 10.2 Å². The second kappa shape index (κ2) is 6.20. The fourth-order valence-corrected chi connectivity index (χ4v) is 3.15. The molecule has 0 aromatic heterocycles. The molecule has 1 saturated heterocycles. The Kier molecular flexibility index (Phi) is 4.23. The predicted octanol–water partition coefficient (Wildman–Crippen LogP) is 4.34. The van der Waals surface area contributed by atoms with Crippen LogP contribution in [0.2, 0.25) is 0 Å². The van der Waals surface area contributed by atoms with Crippen LogP contribution in [0.3, 0.4) is 0 Å². The Bertz CT molecular complexity index is 780. The van der Waals surface area contributed by atoms with Gasteiger partial charge in [-0.1, -0.05) is 24.3 Å². The molecule has 8 heteroatoms. The first-order valence-electron chi connectivity index (χ1n) is 6.90. The van der Waals surface area contributed by atoms with Crippen molar-refractivity contribution >= 4 is 34.3 Å². The van der Waals surface area contributed by atoms with Gasteiger partial charge in [-0.25, -0.2) is 4.90 Å². The molecule has 24 heavy (non-hydrogen) atoms. The van der Waals surface area contributed by atoms with Crippen LogP contribution in [-0.4, -0.2) is 16.5 Å². The van der Waals surface area contributed by atoms with Crippen molar-refractivity contribution in [1.29, 1.82) is 0 Å². The van der Waals surface area contributed by atoms with E-state index < -0.39 is 28.3 Å². The van der Waals surface area contributed by atoms with Gasteiger partial charge < -0.3 is 5.32 Å². The number of hydrogen-bond acceptors (Lipinski definition) is 4. The summed E-state index contributed by atoms with van der Waals surface area (Å²) < 4.78 is 38.2. The summed E-state index contributed by atoms with van der Waals surface area (Å²) >= 11 is 0.730. The Labute approximate surface area is 139 Å². The molecule has 2 aromatic carbocycles. The number of hydrogen-bond donors (Lipinski definition) is 1. The van der Waals surface area contributed by atoms with E-state index in [1.807, 2.05) is 0 Å². The van der Waals surface area contributed by atoms with Gasteiger partial charge in [-0.15, -0.1) is 0 Å². The number of para-hydroxylation sites is 1. The van der Waals surface area contributed by atoms with Crippen LogP contribution >= 0.6 is 11.8 Å². The van der Waals surface area contributed by atoms with E-state index >= 15 is 0 Å². The summed E-state index contributed by atoms with van der Waals surface area (Å²) in [6, 6.07) is 12.9. The third kappa shape index (κ3) is 3.23. The quantitative estimate of drug-likeness (QED) is 0.893. The maximum Gasteiger partial charge on any atom is 0.416 e. The number of halogens is 3. The minimum atomic E-state index is -4.48. The number of imide groups is 1. The van der Waals surface area contributed by atoms with Crippen molar-refractivity contribution < 1.29 is 22.8 Å². The van der Waals surface area contributed by atoms with Crippen molar-refractivity contribution in [3.63, 3.8) is 0 Å². The minimum Gasteiger partial charge on any atom is -0.365 e. The highest BCUT2D eigenvalue weighted by atomic mass is 32.2. The summed E-state index contributed by atoms with van der Waals surface area (Å²) in [6.07, 6.45) is -4.48. The number of benzene rings is 2. The molecule has 1 atom stereocenters. The molecule has 1 heterocycles. The molecule has 0 bridgehead atoms. The fraction of sp³-hybridized carbons (Fsp3) is 0.125. The van der Waals surface area contributed by atoms with Gasteiger partial charge in [0.05, 0.1) is 11.3 Å². The molecule has 2 amide bonds. The first kappa shape index (κ1) is 16.4. The van der Waals surface area contributed by atoms with Gasteiger partial charge in [0, 0.05) is 5.69 Å². The topological polar surface area (TPSA) is 49.4 Å². The summed E-state index contributed by atoms with van der Waals surface area (Å²) in [6.45, 7) is 0. The summed E-state index contributed by atoms with van der Waals surface area (Å²) in [5.41, 5.74) is -0.277. The lowest BCUT2D eigenvalue weighted by atomic mass is 10.2. The maximum atomic E-state index is 12.7. The van der Waals surface area contributed by atoms with Gasteiger partial charge in [0.25, 0.3) is 11.1 Å². The van der Waals surface area contributed by atoms with Gasteiger partial charge >= 0.3 is 6.18 Å². The zero-order valence-electron chi connectivity index (χ0n) is 12.1.